The van der Waals surface area contributed by atoms with E-state index in [-0.39, 0.29) is 0 Å². The highest BCUT2D eigenvalue weighted by atomic mass is 19.1. The number of ether oxygens (including phenoxy) is 1. The molecule has 88 valence electrons. The third-order valence-corrected chi connectivity index (χ3v) is 2.01. The lowest BCUT2D eigenvalue weighted by molar-refractivity contribution is 0.00773. The van der Waals surface area contributed by atoms with Gasteiger partial charge < -0.3 is 15.2 Å². The van der Waals surface area contributed by atoms with Gasteiger partial charge in [-0.05, 0) is 18.2 Å². The van der Waals surface area contributed by atoms with E-state index in [4.69, 9.17) is 4.74 Å². The van der Waals surface area contributed by atoms with Crippen molar-refractivity contribution in [3.63, 3.8) is 0 Å². The standard InChI is InChI=1S/C12H11FN2O2/c13-11-8-9(6-7-14-11)15-12(16)17-10-4-2-1-3-5-10/h1-8,12,16H,(H,14,15). The average Bonchev–Trinajstić information content (AvgIpc) is 2.30. The molecule has 2 N–H and O–H groups in total. The maximum Gasteiger partial charge on any atom is 0.279 e. The summed E-state index contributed by atoms with van der Waals surface area (Å²) in [6.07, 6.45) is 0.0478. The molecule has 17 heavy (non-hydrogen) atoms. The van der Waals surface area contributed by atoms with Gasteiger partial charge in [-0.1, -0.05) is 18.2 Å². The monoisotopic (exact) mass is 234 g/mol. The summed E-state index contributed by atoms with van der Waals surface area (Å²) < 4.78 is 17.9. The molecule has 2 rings (SSSR count). The summed E-state index contributed by atoms with van der Waals surface area (Å²) in [6.45, 7) is 0. The molecule has 0 spiro atoms. The van der Waals surface area contributed by atoms with Crippen LogP contribution in [-0.4, -0.2) is 16.5 Å². The quantitative estimate of drug-likeness (QED) is 0.627. The summed E-state index contributed by atoms with van der Waals surface area (Å²) in [7, 11) is 0. The Balaban J connectivity index is 1.96. The van der Waals surface area contributed by atoms with Crippen LogP contribution in [0.3, 0.4) is 0 Å². The van der Waals surface area contributed by atoms with Crippen molar-refractivity contribution in [3.8, 4) is 5.75 Å². The Kier molecular flexibility index (Phi) is 3.52. The summed E-state index contributed by atoms with van der Waals surface area (Å²) in [4.78, 5) is 3.40. The first kappa shape index (κ1) is 11.3. The smallest absolute Gasteiger partial charge is 0.279 e. The minimum atomic E-state index is -1.25. The zero-order valence-electron chi connectivity index (χ0n) is 8.88. The van der Waals surface area contributed by atoms with Crippen molar-refractivity contribution in [3.05, 3.63) is 54.6 Å². The second-order valence-corrected chi connectivity index (χ2v) is 3.29. The predicted octanol–water partition coefficient (Wildman–Crippen LogP) is 1.99. The van der Waals surface area contributed by atoms with Gasteiger partial charge >= 0.3 is 0 Å². The molecule has 0 bridgehead atoms. The predicted molar refractivity (Wildman–Crippen MR) is 60.9 cm³/mol. The van der Waals surface area contributed by atoms with Crippen LogP contribution in [0.4, 0.5) is 10.1 Å². The second kappa shape index (κ2) is 5.27. The first-order chi connectivity index (χ1) is 8.24. The Labute approximate surface area is 97.7 Å². The lowest BCUT2D eigenvalue weighted by Gasteiger charge is -2.15. The minimum Gasteiger partial charge on any atom is -0.447 e. The lowest BCUT2D eigenvalue weighted by atomic mass is 10.3. The molecule has 1 aromatic heterocycles. The van der Waals surface area contributed by atoms with Crippen molar-refractivity contribution in [2.24, 2.45) is 0 Å². The van der Waals surface area contributed by atoms with Crippen LogP contribution in [0.15, 0.2) is 48.7 Å². The van der Waals surface area contributed by atoms with Gasteiger partial charge in [0.1, 0.15) is 5.75 Å². The molecule has 0 amide bonds. The number of rotatable bonds is 4. The van der Waals surface area contributed by atoms with Crippen LogP contribution in [0.1, 0.15) is 0 Å². The molecule has 4 nitrogen and oxygen atoms in total. The van der Waals surface area contributed by atoms with Gasteiger partial charge in [-0.25, -0.2) is 4.98 Å². The molecule has 1 atom stereocenters. The highest BCUT2D eigenvalue weighted by molar-refractivity contribution is 5.41. The van der Waals surface area contributed by atoms with Gasteiger partial charge in [0, 0.05) is 18.0 Å². The molecule has 0 radical (unpaired) electrons. The number of aliphatic hydroxyl groups excluding tert-OH is 1. The number of pyridine rings is 1. The molecule has 2 aromatic rings. The fraction of sp³-hybridized carbons (Fsp3) is 0.0833. The summed E-state index contributed by atoms with van der Waals surface area (Å²) in [5, 5.41) is 12.2. The van der Waals surface area contributed by atoms with E-state index in [9.17, 15) is 9.50 Å². The highest BCUT2D eigenvalue weighted by Crippen LogP contribution is 2.12. The summed E-state index contributed by atoms with van der Waals surface area (Å²) >= 11 is 0. The number of halogens is 1. The first-order valence-electron chi connectivity index (χ1n) is 5.02. The Hall–Kier alpha value is -2.14. The zero-order chi connectivity index (χ0) is 12.1. The van der Waals surface area contributed by atoms with Gasteiger partial charge in [-0.15, -0.1) is 0 Å². The van der Waals surface area contributed by atoms with E-state index in [1.807, 2.05) is 6.07 Å². The largest absolute Gasteiger partial charge is 0.447 e. The fourth-order valence-electron chi connectivity index (χ4n) is 1.29. The van der Waals surface area contributed by atoms with E-state index in [1.54, 1.807) is 24.3 Å². The number of hydrogen-bond acceptors (Lipinski definition) is 4. The fourth-order valence-corrected chi connectivity index (χ4v) is 1.29. The number of nitrogens with zero attached hydrogens (tertiary/aromatic N) is 1. The molecule has 0 aliphatic heterocycles. The van der Waals surface area contributed by atoms with Gasteiger partial charge in [0.25, 0.3) is 6.41 Å². The molecule has 0 aliphatic carbocycles. The minimum absolute atomic E-state index is 0.390. The van der Waals surface area contributed by atoms with Crippen LogP contribution in [-0.2, 0) is 0 Å². The van der Waals surface area contributed by atoms with Gasteiger partial charge in [0.05, 0.1) is 0 Å². The number of nitrogens with one attached hydrogen (secondary N) is 1. The van der Waals surface area contributed by atoms with Crippen LogP contribution in [0, 0.1) is 5.95 Å². The molecule has 0 fully saturated rings. The number of hydrogen-bond donors (Lipinski definition) is 2. The number of benzene rings is 1. The van der Waals surface area contributed by atoms with Crippen molar-refractivity contribution in [1.82, 2.24) is 4.98 Å². The molecule has 0 aliphatic rings. The Morgan fingerprint density at radius 3 is 2.71 bits per heavy atom. The van der Waals surface area contributed by atoms with Gasteiger partial charge in [0.15, 0.2) is 0 Å². The third kappa shape index (κ3) is 3.42. The van der Waals surface area contributed by atoms with Crippen LogP contribution < -0.4 is 10.1 Å². The van der Waals surface area contributed by atoms with Gasteiger partial charge in [0.2, 0.25) is 5.95 Å². The maximum absolute atomic E-state index is 12.8. The van der Waals surface area contributed by atoms with Crippen molar-refractivity contribution >= 4 is 5.69 Å². The average molecular weight is 234 g/mol. The van der Waals surface area contributed by atoms with E-state index in [2.05, 4.69) is 10.3 Å². The second-order valence-electron chi connectivity index (χ2n) is 3.29. The summed E-state index contributed by atoms with van der Waals surface area (Å²) in [5.41, 5.74) is 0.390. The van der Waals surface area contributed by atoms with E-state index in [1.165, 1.54) is 12.3 Å². The Morgan fingerprint density at radius 2 is 2.00 bits per heavy atom. The molecule has 5 heteroatoms. The first-order valence-corrected chi connectivity index (χ1v) is 5.02. The maximum atomic E-state index is 12.8. The van der Waals surface area contributed by atoms with Crippen LogP contribution >= 0.6 is 0 Å². The Morgan fingerprint density at radius 1 is 1.24 bits per heavy atom. The molecular weight excluding hydrogens is 223 g/mol. The molecule has 0 saturated heterocycles. The summed E-state index contributed by atoms with van der Waals surface area (Å²) in [5.74, 6) is -0.107. The third-order valence-electron chi connectivity index (χ3n) is 2.01. The number of aromatic nitrogens is 1. The van der Waals surface area contributed by atoms with Gasteiger partial charge in [-0.3, -0.25) is 0 Å². The van der Waals surface area contributed by atoms with E-state index in [0.717, 1.165) is 6.07 Å². The topological polar surface area (TPSA) is 54.4 Å². The Bertz CT molecular complexity index is 479. The lowest BCUT2D eigenvalue weighted by Crippen LogP contribution is -2.25. The van der Waals surface area contributed by atoms with Crippen LogP contribution in [0.2, 0.25) is 0 Å². The number of aliphatic hydroxyl groups is 1. The SMILES string of the molecule is OC(Nc1ccnc(F)c1)Oc1ccccc1. The number of anilines is 1. The van der Waals surface area contributed by atoms with Crippen molar-refractivity contribution < 1.29 is 14.2 Å². The summed E-state index contributed by atoms with van der Waals surface area (Å²) in [6, 6.07) is 11.5. The van der Waals surface area contributed by atoms with E-state index in [0.29, 0.717) is 11.4 Å². The molecule has 1 heterocycles. The van der Waals surface area contributed by atoms with Crippen LogP contribution in [0.5, 0.6) is 5.75 Å². The highest BCUT2D eigenvalue weighted by Gasteiger charge is 2.05. The molecule has 1 unspecified atom stereocenters. The number of para-hydroxylation sites is 1. The van der Waals surface area contributed by atoms with Crippen molar-refractivity contribution in [2.75, 3.05) is 5.32 Å². The normalized spacial score (nSPS) is 11.9. The van der Waals surface area contributed by atoms with E-state index < -0.39 is 12.4 Å². The zero-order valence-corrected chi connectivity index (χ0v) is 8.88. The van der Waals surface area contributed by atoms with Crippen molar-refractivity contribution in [2.45, 2.75) is 6.41 Å². The van der Waals surface area contributed by atoms with E-state index >= 15 is 0 Å². The van der Waals surface area contributed by atoms with Crippen molar-refractivity contribution in [1.29, 1.82) is 0 Å². The molecule has 1 aromatic carbocycles. The molecular formula is C12H11FN2O2. The van der Waals surface area contributed by atoms with Gasteiger partial charge in [-0.2, -0.15) is 4.39 Å². The molecule has 0 saturated carbocycles. The van der Waals surface area contributed by atoms with Crippen LogP contribution in [0.25, 0.3) is 0 Å².